The van der Waals surface area contributed by atoms with Crippen LogP contribution in [-0.2, 0) is 16.1 Å². The van der Waals surface area contributed by atoms with Gasteiger partial charge in [0.25, 0.3) is 5.91 Å². The molecular formula is C20H23N3O3. The Balaban J connectivity index is 1.35. The molecule has 136 valence electrons. The zero-order valence-corrected chi connectivity index (χ0v) is 14.9. The predicted molar refractivity (Wildman–Crippen MR) is 98.1 cm³/mol. The number of fused-ring (bicyclic) bond motifs is 1. The minimum absolute atomic E-state index is 0.0104. The molecule has 1 saturated heterocycles. The molecule has 1 aromatic carbocycles. The molecule has 3 heterocycles. The van der Waals surface area contributed by atoms with Crippen molar-refractivity contribution in [1.82, 2.24) is 9.47 Å². The number of ether oxygens (including phenoxy) is 1. The van der Waals surface area contributed by atoms with Crippen molar-refractivity contribution in [3.8, 4) is 5.75 Å². The Morgan fingerprint density at radius 1 is 1.15 bits per heavy atom. The van der Waals surface area contributed by atoms with E-state index in [-0.39, 0.29) is 24.5 Å². The summed E-state index contributed by atoms with van der Waals surface area (Å²) in [4.78, 5) is 28.0. The van der Waals surface area contributed by atoms with E-state index in [1.165, 1.54) is 0 Å². The van der Waals surface area contributed by atoms with Crippen molar-refractivity contribution in [2.75, 3.05) is 24.6 Å². The average Bonchev–Trinajstić information content (AvgIpc) is 3.30. The van der Waals surface area contributed by atoms with E-state index in [4.69, 9.17) is 4.74 Å². The Morgan fingerprint density at radius 2 is 1.96 bits per heavy atom. The van der Waals surface area contributed by atoms with Crippen LogP contribution in [0.15, 0.2) is 42.6 Å². The summed E-state index contributed by atoms with van der Waals surface area (Å²) in [7, 11) is 0. The number of amides is 2. The molecule has 0 bridgehead atoms. The van der Waals surface area contributed by atoms with Gasteiger partial charge in [-0.25, -0.2) is 0 Å². The van der Waals surface area contributed by atoms with Crippen molar-refractivity contribution in [2.45, 2.75) is 32.4 Å². The molecule has 6 heteroatoms. The Hall–Kier alpha value is -2.76. The monoisotopic (exact) mass is 353 g/mol. The van der Waals surface area contributed by atoms with Gasteiger partial charge in [-0.2, -0.15) is 0 Å². The first kappa shape index (κ1) is 16.7. The lowest BCUT2D eigenvalue weighted by Crippen LogP contribution is -2.42. The summed E-state index contributed by atoms with van der Waals surface area (Å²) in [6.07, 6.45) is 3.57. The van der Waals surface area contributed by atoms with Crippen molar-refractivity contribution >= 4 is 17.5 Å². The summed E-state index contributed by atoms with van der Waals surface area (Å²) >= 11 is 0. The van der Waals surface area contributed by atoms with Gasteiger partial charge in [0.05, 0.1) is 6.04 Å². The van der Waals surface area contributed by atoms with Crippen LogP contribution in [0, 0.1) is 0 Å². The first-order valence-electron chi connectivity index (χ1n) is 9.11. The maximum Gasteiger partial charge on any atom is 0.261 e. The van der Waals surface area contributed by atoms with Gasteiger partial charge in [0.1, 0.15) is 5.75 Å². The lowest BCUT2D eigenvalue weighted by Gasteiger charge is -2.34. The minimum Gasteiger partial charge on any atom is -0.484 e. The number of aromatic nitrogens is 1. The standard InChI is InChI=1S/C20H23N3O3/c1-15-18-4-2-10-21(18)12-13-22(15)20(25)14-26-17-8-6-16(7-9-17)23-11-3-5-19(23)24/h2,4,6-10,15H,3,5,11-14H2,1H3/t15-/m0/s1. The van der Waals surface area contributed by atoms with Crippen LogP contribution in [0.25, 0.3) is 0 Å². The van der Waals surface area contributed by atoms with Crippen LogP contribution in [-0.4, -0.2) is 41.0 Å². The summed E-state index contributed by atoms with van der Waals surface area (Å²) in [5.41, 5.74) is 2.04. The molecule has 0 aliphatic carbocycles. The second-order valence-electron chi connectivity index (χ2n) is 6.82. The highest BCUT2D eigenvalue weighted by molar-refractivity contribution is 5.95. The molecule has 6 nitrogen and oxygen atoms in total. The fourth-order valence-corrected chi connectivity index (χ4v) is 3.79. The van der Waals surface area contributed by atoms with E-state index in [1.807, 2.05) is 42.2 Å². The average molecular weight is 353 g/mol. The van der Waals surface area contributed by atoms with Crippen LogP contribution in [0.1, 0.15) is 31.5 Å². The number of hydrogen-bond acceptors (Lipinski definition) is 3. The summed E-state index contributed by atoms with van der Waals surface area (Å²) < 4.78 is 7.87. The highest BCUT2D eigenvalue weighted by atomic mass is 16.5. The molecule has 26 heavy (non-hydrogen) atoms. The summed E-state index contributed by atoms with van der Waals surface area (Å²) in [6, 6.07) is 11.5. The number of carbonyl (C=O) groups excluding carboxylic acids is 2. The molecule has 0 N–H and O–H groups in total. The molecule has 0 spiro atoms. The molecular weight excluding hydrogens is 330 g/mol. The van der Waals surface area contributed by atoms with Gasteiger partial charge in [-0.3, -0.25) is 9.59 Å². The summed E-state index contributed by atoms with van der Waals surface area (Å²) in [5, 5.41) is 0. The lowest BCUT2D eigenvalue weighted by molar-refractivity contribution is -0.136. The Labute approximate surface area is 153 Å². The Morgan fingerprint density at radius 3 is 2.69 bits per heavy atom. The smallest absolute Gasteiger partial charge is 0.261 e. The molecule has 2 aliphatic heterocycles. The van der Waals surface area contributed by atoms with Crippen LogP contribution >= 0.6 is 0 Å². The highest BCUT2D eigenvalue weighted by Crippen LogP contribution is 2.26. The molecule has 4 rings (SSSR count). The van der Waals surface area contributed by atoms with Crippen LogP contribution in [0.2, 0.25) is 0 Å². The number of benzene rings is 1. The van der Waals surface area contributed by atoms with Gasteiger partial charge >= 0.3 is 0 Å². The lowest BCUT2D eigenvalue weighted by atomic mass is 10.1. The van der Waals surface area contributed by atoms with E-state index in [1.54, 1.807) is 4.90 Å². The first-order chi connectivity index (χ1) is 12.6. The van der Waals surface area contributed by atoms with Crippen molar-refractivity contribution in [3.05, 3.63) is 48.3 Å². The zero-order valence-electron chi connectivity index (χ0n) is 14.9. The third-order valence-electron chi connectivity index (χ3n) is 5.25. The van der Waals surface area contributed by atoms with E-state index in [0.717, 1.165) is 30.9 Å². The number of rotatable bonds is 4. The predicted octanol–water partition coefficient (Wildman–Crippen LogP) is 2.60. The maximum atomic E-state index is 12.6. The van der Waals surface area contributed by atoms with E-state index in [0.29, 0.717) is 18.7 Å². The summed E-state index contributed by atoms with van der Waals surface area (Å²) in [5.74, 6) is 0.795. The zero-order chi connectivity index (χ0) is 18.1. The van der Waals surface area contributed by atoms with Gasteiger partial charge in [0, 0.05) is 43.6 Å². The van der Waals surface area contributed by atoms with Crippen LogP contribution < -0.4 is 9.64 Å². The van der Waals surface area contributed by atoms with Gasteiger partial charge in [-0.15, -0.1) is 0 Å². The van der Waals surface area contributed by atoms with Gasteiger partial charge in [0.2, 0.25) is 5.91 Å². The number of anilines is 1. The molecule has 1 atom stereocenters. The molecule has 0 unspecified atom stereocenters. The molecule has 0 saturated carbocycles. The van der Waals surface area contributed by atoms with Crippen LogP contribution in [0.3, 0.4) is 0 Å². The van der Waals surface area contributed by atoms with Crippen molar-refractivity contribution in [3.63, 3.8) is 0 Å². The normalized spacial score (nSPS) is 19.6. The van der Waals surface area contributed by atoms with E-state index < -0.39 is 0 Å². The molecule has 0 radical (unpaired) electrons. The number of carbonyl (C=O) groups is 2. The van der Waals surface area contributed by atoms with E-state index in [2.05, 4.69) is 16.8 Å². The molecule has 1 aromatic heterocycles. The minimum atomic E-state index is -0.0104. The second kappa shape index (κ2) is 6.86. The van der Waals surface area contributed by atoms with Gasteiger partial charge < -0.3 is 19.1 Å². The van der Waals surface area contributed by atoms with Crippen LogP contribution in [0.4, 0.5) is 5.69 Å². The first-order valence-corrected chi connectivity index (χ1v) is 9.11. The summed E-state index contributed by atoms with van der Waals surface area (Å²) in [6.45, 7) is 4.35. The van der Waals surface area contributed by atoms with Gasteiger partial charge in [-0.1, -0.05) is 0 Å². The Bertz CT molecular complexity index is 812. The fourth-order valence-electron chi connectivity index (χ4n) is 3.79. The van der Waals surface area contributed by atoms with Gasteiger partial charge in [-0.05, 0) is 49.7 Å². The molecule has 1 fully saturated rings. The van der Waals surface area contributed by atoms with Crippen molar-refractivity contribution in [2.24, 2.45) is 0 Å². The highest BCUT2D eigenvalue weighted by Gasteiger charge is 2.27. The van der Waals surface area contributed by atoms with E-state index >= 15 is 0 Å². The second-order valence-corrected chi connectivity index (χ2v) is 6.82. The molecule has 2 aliphatic rings. The number of nitrogens with zero attached hydrogens (tertiary/aromatic N) is 3. The quantitative estimate of drug-likeness (QED) is 0.849. The molecule has 2 amide bonds. The van der Waals surface area contributed by atoms with Crippen LogP contribution in [0.5, 0.6) is 5.75 Å². The molecule has 2 aromatic rings. The van der Waals surface area contributed by atoms with Gasteiger partial charge in [0.15, 0.2) is 6.61 Å². The third-order valence-corrected chi connectivity index (χ3v) is 5.25. The Kier molecular flexibility index (Phi) is 4.41. The third kappa shape index (κ3) is 3.07. The topological polar surface area (TPSA) is 54.8 Å². The number of hydrogen-bond donors (Lipinski definition) is 0. The fraction of sp³-hybridized carbons (Fsp3) is 0.400. The van der Waals surface area contributed by atoms with E-state index in [9.17, 15) is 9.59 Å². The maximum absolute atomic E-state index is 12.6. The largest absolute Gasteiger partial charge is 0.484 e. The SMILES string of the molecule is C[C@H]1c2cccn2CCN1C(=O)COc1ccc(N2CCCC2=O)cc1. The van der Waals surface area contributed by atoms with Crippen molar-refractivity contribution in [1.29, 1.82) is 0 Å². The van der Waals surface area contributed by atoms with Crippen molar-refractivity contribution < 1.29 is 14.3 Å².